The number of nitrogens with one attached hydrogen (secondary N) is 1. The first-order valence-corrected chi connectivity index (χ1v) is 11.5. The molecule has 0 bridgehead atoms. The molecule has 4 rings (SSSR count). The predicted octanol–water partition coefficient (Wildman–Crippen LogP) is 1.18. The fraction of sp³-hybridized carbons (Fsp3) is 0.636. The summed E-state index contributed by atoms with van der Waals surface area (Å²) in [5.41, 5.74) is 1.33. The largest absolute Gasteiger partial charge is 0.357 e. The van der Waals surface area contributed by atoms with Crippen LogP contribution in [0.15, 0.2) is 35.8 Å². The van der Waals surface area contributed by atoms with E-state index in [1.54, 1.807) is 0 Å². The highest BCUT2D eigenvalue weighted by molar-refractivity contribution is 5.80. The fourth-order valence-corrected chi connectivity index (χ4v) is 4.41. The molecule has 4 heterocycles. The van der Waals surface area contributed by atoms with Gasteiger partial charge in [-0.3, -0.25) is 14.6 Å². The van der Waals surface area contributed by atoms with Crippen molar-refractivity contribution in [3.8, 4) is 0 Å². The Morgan fingerprint density at radius 2 is 1.97 bits per heavy atom. The van der Waals surface area contributed by atoms with Gasteiger partial charge in [0.05, 0.1) is 6.20 Å². The van der Waals surface area contributed by atoms with Crippen LogP contribution in [-0.4, -0.2) is 94.4 Å². The van der Waals surface area contributed by atoms with Gasteiger partial charge in [0.1, 0.15) is 0 Å². The molecule has 1 N–H and O–H groups in total. The predicted molar refractivity (Wildman–Crippen MR) is 123 cm³/mol. The topological polar surface area (TPSA) is 77.7 Å². The molecule has 2 aliphatic heterocycles. The zero-order valence-corrected chi connectivity index (χ0v) is 18.8. The molecule has 0 aliphatic carbocycles. The molecule has 31 heavy (non-hydrogen) atoms. The summed E-state index contributed by atoms with van der Waals surface area (Å²) >= 11 is 0. The summed E-state index contributed by atoms with van der Waals surface area (Å²) in [6, 6.07) is 1.86. The molecule has 2 aromatic heterocycles. The number of hydrogen-bond acceptors (Lipinski definition) is 6. The van der Waals surface area contributed by atoms with E-state index in [1.165, 1.54) is 5.56 Å². The van der Waals surface area contributed by atoms with Crippen LogP contribution in [0.3, 0.4) is 0 Å². The number of aryl methyl sites for hydroxylation is 1. The van der Waals surface area contributed by atoms with E-state index in [9.17, 15) is 0 Å². The minimum atomic E-state index is 0.544. The Morgan fingerprint density at radius 3 is 2.68 bits per heavy atom. The number of aliphatic imine (C=N–C) groups is 1. The monoisotopic (exact) mass is 425 g/mol. The fourth-order valence-electron chi connectivity index (χ4n) is 4.41. The summed E-state index contributed by atoms with van der Waals surface area (Å²) in [5.74, 6) is 2.44. The minimum absolute atomic E-state index is 0.544. The van der Waals surface area contributed by atoms with Crippen molar-refractivity contribution in [2.45, 2.75) is 25.7 Å². The second kappa shape index (κ2) is 10.6. The van der Waals surface area contributed by atoms with E-state index in [1.807, 2.05) is 36.4 Å². The summed E-state index contributed by atoms with van der Waals surface area (Å²) in [4.78, 5) is 20.9. The van der Waals surface area contributed by atoms with Crippen LogP contribution >= 0.6 is 0 Å². The van der Waals surface area contributed by atoms with E-state index < -0.39 is 0 Å². The van der Waals surface area contributed by atoms with Gasteiger partial charge >= 0.3 is 0 Å². The molecular weight excluding hydrogens is 390 g/mol. The third-order valence-electron chi connectivity index (χ3n) is 6.12. The number of nitrogens with zero attached hydrogens (tertiary/aromatic N) is 8. The molecule has 168 valence electrons. The second-order valence-electron chi connectivity index (χ2n) is 8.35. The zero-order valence-electron chi connectivity index (χ0n) is 18.8. The quantitative estimate of drug-likeness (QED) is 0.405. The highest BCUT2D eigenvalue weighted by atomic mass is 15.3. The average Bonchev–Trinajstić information content (AvgIpc) is 3.46. The molecule has 2 fully saturated rings. The molecule has 0 spiro atoms. The summed E-state index contributed by atoms with van der Waals surface area (Å²) < 4.78 is 1.89. The maximum Gasteiger partial charge on any atom is 0.225 e. The van der Waals surface area contributed by atoms with Gasteiger partial charge < -0.3 is 15.1 Å². The number of aromatic nitrogens is 4. The van der Waals surface area contributed by atoms with Crippen LogP contribution < -0.4 is 10.2 Å². The van der Waals surface area contributed by atoms with E-state index in [0.717, 1.165) is 83.7 Å². The van der Waals surface area contributed by atoms with Gasteiger partial charge in [-0.15, -0.1) is 0 Å². The summed E-state index contributed by atoms with van der Waals surface area (Å²) in [6.45, 7) is 11.1. The van der Waals surface area contributed by atoms with Gasteiger partial charge in [-0.05, 0) is 31.4 Å². The van der Waals surface area contributed by atoms with Crippen molar-refractivity contribution >= 4 is 11.9 Å². The Bertz CT molecular complexity index is 827. The lowest BCUT2D eigenvalue weighted by Gasteiger charge is -2.34. The van der Waals surface area contributed by atoms with Crippen molar-refractivity contribution in [2.24, 2.45) is 12.0 Å². The smallest absolute Gasteiger partial charge is 0.225 e. The number of likely N-dealkylation sites (tertiary alicyclic amines) is 1. The highest BCUT2D eigenvalue weighted by Crippen LogP contribution is 2.26. The molecule has 0 radical (unpaired) electrons. The van der Waals surface area contributed by atoms with Crippen molar-refractivity contribution in [3.05, 3.63) is 36.4 Å². The van der Waals surface area contributed by atoms with Crippen LogP contribution in [0.5, 0.6) is 0 Å². The molecular formula is C22H35N9. The van der Waals surface area contributed by atoms with Crippen molar-refractivity contribution < 1.29 is 0 Å². The SMILES string of the molecule is CCNC(=NCCCN1CCN(c2ncccn2)CC1)N1CCC(c2cnn(C)c2)C1. The minimum Gasteiger partial charge on any atom is -0.357 e. The van der Waals surface area contributed by atoms with Gasteiger partial charge in [-0.1, -0.05) is 0 Å². The third kappa shape index (κ3) is 5.72. The van der Waals surface area contributed by atoms with Crippen molar-refractivity contribution in [1.29, 1.82) is 0 Å². The zero-order chi connectivity index (χ0) is 21.5. The molecule has 2 aliphatic rings. The Hall–Kier alpha value is -2.68. The van der Waals surface area contributed by atoms with Crippen LogP contribution in [0, 0.1) is 0 Å². The first kappa shape index (κ1) is 21.5. The van der Waals surface area contributed by atoms with E-state index in [0.29, 0.717) is 5.92 Å². The summed E-state index contributed by atoms with van der Waals surface area (Å²) in [5, 5.41) is 7.82. The van der Waals surface area contributed by atoms with Gasteiger partial charge in [0.2, 0.25) is 5.95 Å². The summed E-state index contributed by atoms with van der Waals surface area (Å²) in [7, 11) is 1.98. The van der Waals surface area contributed by atoms with Gasteiger partial charge in [0.25, 0.3) is 0 Å². The third-order valence-corrected chi connectivity index (χ3v) is 6.12. The first-order valence-electron chi connectivity index (χ1n) is 11.5. The van der Waals surface area contributed by atoms with Gasteiger partial charge in [0, 0.05) is 90.5 Å². The van der Waals surface area contributed by atoms with Gasteiger partial charge in [-0.25, -0.2) is 9.97 Å². The molecule has 9 nitrogen and oxygen atoms in total. The van der Waals surface area contributed by atoms with Gasteiger partial charge in [-0.2, -0.15) is 5.10 Å². The number of rotatable bonds is 7. The Morgan fingerprint density at radius 1 is 1.16 bits per heavy atom. The second-order valence-corrected chi connectivity index (χ2v) is 8.35. The molecule has 1 unspecified atom stereocenters. The van der Waals surface area contributed by atoms with Crippen molar-refractivity contribution in [3.63, 3.8) is 0 Å². The maximum absolute atomic E-state index is 4.93. The van der Waals surface area contributed by atoms with Crippen LogP contribution in [-0.2, 0) is 7.05 Å². The van der Waals surface area contributed by atoms with Gasteiger partial charge in [0.15, 0.2) is 5.96 Å². The lowest BCUT2D eigenvalue weighted by molar-refractivity contribution is 0.255. The van der Waals surface area contributed by atoms with Crippen LogP contribution in [0.1, 0.15) is 31.2 Å². The number of guanidine groups is 1. The van der Waals surface area contributed by atoms with E-state index >= 15 is 0 Å². The van der Waals surface area contributed by atoms with Crippen molar-refractivity contribution in [1.82, 2.24) is 34.9 Å². The average molecular weight is 426 g/mol. The Labute approximate surface area is 185 Å². The standard InChI is InChI=1S/C22H35N9/c1-3-23-21(31-11-6-19(18-31)20-16-27-28(2)17-20)26-9-5-10-29-12-14-30(15-13-29)22-24-7-4-8-25-22/h4,7-8,16-17,19H,3,5-6,9-15,18H2,1-2H3,(H,23,26). The van der Waals surface area contributed by atoms with Crippen molar-refractivity contribution in [2.75, 3.05) is 63.8 Å². The van der Waals surface area contributed by atoms with E-state index in [4.69, 9.17) is 4.99 Å². The first-order chi connectivity index (χ1) is 15.2. The van der Waals surface area contributed by atoms with Crippen LogP contribution in [0.2, 0.25) is 0 Å². The number of piperazine rings is 1. The highest BCUT2D eigenvalue weighted by Gasteiger charge is 2.27. The van der Waals surface area contributed by atoms with E-state index in [-0.39, 0.29) is 0 Å². The van der Waals surface area contributed by atoms with Crippen LogP contribution in [0.25, 0.3) is 0 Å². The van der Waals surface area contributed by atoms with Crippen LogP contribution in [0.4, 0.5) is 5.95 Å². The Kier molecular flexibility index (Phi) is 7.35. The molecule has 2 aromatic rings. The molecule has 9 heteroatoms. The lowest BCUT2D eigenvalue weighted by Crippen LogP contribution is -2.47. The molecule has 2 saturated heterocycles. The molecule has 1 atom stereocenters. The molecule has 0 amide bonds. The Balaban J connectivity index is 1.21. The van der Waals surface area contributed by atoms with E-state index in [2.05, 4.69) is 48.2 Å². The molecule has 0 aromatic carbocycles. The summed E-state index contributed by atoms with van der Waals surface area (Å²) in [6.07, 6.45) is 10.0. The molecule has 0 saturated carbocycles. The normalized spacial score (nSPS) is 20.5. The lowest BCUT2D eigenvalue weighted by atomic mass is 10.0. The number of hydrogen-bond donors (Lipinski definition) is 1. The number of anilines is 1. The maximum atomic E-state index is 4.93.